The molecule has 1 N–H and O–H groups in total. The second kappa shape index (κ2) is 9.28. The molecule has 0 spiro atoms. The van der Waals surface area contributed by atoms with Crippen molar-refractivity contribution in [1.29, 1.82) is 0 Å². The van der Waals surface area contributed by atoms with E-state index in [2.05, 4.69) is 0 Å². The molecule has 27 heavy (non-hydrogen) atoms. The molecule has 0 bridgehead atoms. The first kappa shape index (κ1) is 19.8. The van der Waals surface area contributed by atoms with Crippen molar-refractivity contribution in [3.05, 3.63) is 53.6 Å². The summed E-state index contributed by atoms with van der Waals surface area (Å²) in [6, 6.07) is 9.70. The molecule has 7 heteroatoms. The summed E-state index contributed by atoms with van der Waals surface area (Å²) in [5.41, 5.74) is 0.975. The summed E-state index contributed by atoms with van der Waals surface area (Å²) in [6.07, 6.45) is 2.98. The van der Waals surface area contributed by atoms with Crippen LogP contribution in [0.2, 0.25) is 0 Å². The van der Waals surface area contributed by atoms with E-state index in [1.165, 1.54) is 33.5 Å². The molecule has 2 aromatic carbocycles. The van der Waals surface area contributed by atoms with Crippen LogP contribution in [0.25, 0.3) is 6.08 Å². The monoisotopic (exact) mass is 372 g/mol. The van der Waals surface area contributed by atoms with Gasteiger partial charge in [0.15, 0.2) is 23.9 Å². The standard InChI is InChI=1S/C20H20O7/c1-24-16-10-14(20(26-3)18(11-16)25-2)7-8-17(21)13-5-4-6-15(9-13)27-12-19(22)23/h4-11H,12H2,1-3H3,(H,22,23). The first-order chi connectivity index (χ1) is 13.0. The Morgan fingerprint density at radius 3 is 2.41 bits per heavy atom. The van der Waals surface area contributed by atoms with Crippen LogP contribution >= 0.6 is 0 Å². The number of allylic oxidation sites excluding steroid dienone is 1. The van der Waals surface area contributed by atoms with Gasteiger partial charge in [0, 0.05) is 17.2 Å². The maximum absolute atomic E-state index is 12.5. The predicted octanol–water partition coefficient (Wildman–Crippen LogP) is 3.07. The fourth-order valence-electron chi connectivity index (χ4n) is 2.36. The number of aliphatic carboxylic acids is 1. The third kappa shape index (κ3) is 5.24. The van der Waals surface area contributed by atoms with E-state index in [1.54, 1.807) is 36.4 Å². The molecule has 0 saturated carbocycles. The zero-order chi connectivity index (χ0) is 19.8. The summed E-state index contributed by atoms with van der Waals surface area (Å²) < 4.78 is 21.0. The Labute approximate surface area is 156 Å². The molecular weight excluding hydrogens is 352 g/mol. The van der Waals surface area contributed by atoms with Crippen LogP contribution < -0.4 is 18.9 Å². The first-order valence-corrected chi connectivity index (χ1v) is 7.95. The van der Waals surface area contributed by atoms with Crippen LogP contribution in [0, 0.1) is 0 Å². The number of rotatable bonds is 9. The van der Waals surface area contributed by atoms with E-state index >= 15 is 0 Å². The highest BCUT2D eigenvalue weighted by molar-refractivity contribution is 6.07. The van der Waals surface area contributed by atoms with E-state index in [9.17, 15) is 9.59 Å². The number of carboxylic acid groups (broad SMARTS) is 1. The molecule has 0 aliphatic heterocycles. The Balaban J connectivity index is 2.26. The Morgan fingerprint density at radius 2 is 1.78 bits per heavy atom. The zero-order valence-corrected chi connectivity index (χ0v) is 15.2. The summed E-state index contributed by atoms with van der Waals surface area (Å²) in [6.45, 7) is -0.478. The maximum Gasteiger partial charge on any atom is 0.341 e. The minimum atomic E-state index is -1.09. The molecule has 0 aliphatic rings. The van der Waals surface area contributed by atoms with Crippen LogP contribution in [0.3, 0.4) is 0 Å². The van der Waals surface area contributed by atoms with E-state index < -0.39 is 12.6 Å². The van der Waals surface area contributed by atoms with Gasteiger partial charge in [0.05, 0.1) is 21.3 Å². The summed E-state index contributed by atoms with van der Waals surface area (Å²) >= 11 is 0. The lowest BCUT2D eigenvalue weighted by Crippen LogP contribution is -2.09. The number of methoxy groups -OCH3 is 3. The Bertz CT molecular complexity index is 855. The van der Waals surface area contributed by atoms with Gasteiger partial charge in [-0.05, 0) is 30.4 Å². The Hall–Kier alpha value is -3.48. The Morgan fingerprint density at radius 1 is 1.00 bits per heavy atom. The number of hydrogen-bond acceptors (Lipinski definition) is 6. The highest BCUT2D eigenvalue weighted by Crippen LogP contribution is 2.36. The van der Waals surface area contributed by atoms with Crippen LogP contribution in [0.4, 0.5) is 0 Å². The lowest BCUT2D eigenvalue weighted by atomic mass is 10.1. The van der Waals surface area contributed by atoms with Crippen molar-refractivity contribution in [3.8, 4) is 23.0 Å². The Kier molecular flexibility index (Phi) is 6.82. The van der Waals surface area contributed by atoms with E-state index in [0.717, 1.165) is 0 Å². The topological polar surface area (TPSA) is 91.3 Å². The van der Waals surface area contributed by atoms with Gasteiger partial charge in [0.25, 0.3) is 0 Å². The molecular formula is C20H20O7. The van der Waals surface area contributed by atoms with E-state index in [4.69, 9.17) is 24.1 Å². The fraction of sp³-hybridized carbons (Fsp3) is 0.200. The molecule has 142 valence electrons. The lowest BCUT2D eigenvalue weighted by molar-refractivity contribution is -0.139. The molecule has 0 heterocycles. The molecule has 0 radical (unpaired) electrons. The lowest BCUT2D eigenvalue weighted by Gasteiger charge is -2.12. The van der Waals surface area contributed by atoms with Crippen LogP contribution in [-0.4, -0.2) is 44.8 Å². The van der Waals surface area contributed by atoms with Gasteiger partial charge >= 0.3 is 5.97 Å². The molecule has 0 amide bonds. The minimum absolute atomic E-state index is 0.278. The van der Waals surface area contributed by atoms with Gasteiger partial charge < -0.3 is 24.1 Å². The molecule has 0 saturated heterocycles. The van der Waals surface area contributed by atoms with Crippen molar-refractivity contribution in [1.82, 2.24) is 0 Å². The van der Waals surface area contributed by atoms with E-state index in [0.29, 0.717) is 34.1 Å². The summed E-state index contributed by atoms with van der Waals surface area (Å²) in [5, 5.41) is 8.66. The smallest absolute Gasteiger partial charge is 0.341 e. The molecule has 0 atom stereocenters. The molecule has 0 aromatic heterocycles. The molecule has 0 fully saturated rings. The van der Waals surface area contributed by atoms with Crippen molar-refractivity contribution >= 4 is 17.8 Å². The number of hydrogen-bond donors (Lipinski definition) is 1. The van der Waals surface area contributed by atoms with Gasteiger partial charge in [-0.25, -0.2) is 4.79 Å². The van der Waals surface area contributed by atoms with Gasteiger partial charge in [-0.15, -0.1) is 0 Å². The van der Waals surface area contributed by atoms with Crippen molar-refractivity contribution < 1.29 is 33.6 Å². The van der Waals surface area contributed by atoms with Crippen molar-refractivity contribution in [3.63, 3.8) is 0 Å². The summed E-state index contributed by atoms with van der Waals surface area (Å²) in [4.78, 5) is 23.0. The fourth-order valence-corrected chi connectivity index (χ4v) is 2.36. The molecule has 7 nitrogen and oxygen atoms in total. The van der Waals surface area contributed by atoms with Gasteiger partial charge in [0.1, 0.15) is 11.5 Å². The van der Waals surface area contributed by atoms with E-state index in [1.807, 2.05) is 0 Å². The number of carbonyl (C=O) groups excluding carboxylic acids is 1. The predicted molar refractivity (Wildman–Crippen MR) is 99.0 cm³/mol. The number of carboxylic acids is 1. The van der Waals surface area contributed by atoms with Crippen LogP contribution in [0.5, 0.6) is 23.0 Å². The molecule has 0 aliphatic carbocycles. The quantitative estimate of drug-likeness (QED) is 0.534. The highest BCUT2D eigenvalue weighted by Gasteiger charge is 2.12. The number of ether oxygens (including phenoxy) is 4. The number of ketones is 1. The van der Waals surface area contributed by atoms with Gasteiger partial charge in [-0.1, -0.05) is 12.1 Å². The van der Waals surface area contributed by atoms with Crippen molar-refractivity contribution in [2.45, 2.75) is 0 Å². The highest BCUT2D eigenvalue weighted by atomic mass is 16.5. The zero-order valence-electron chi connectivity index (χ0n) is 15.2. The van der Waals surface area contributed by atoms with Crippen LogP contribution in [0.15, 0.2) is 42.5 Å². The normalized spacial score (nSPS) is 10.5. The van der Waals surface area contributed by atoms with E-state index in [-0.39, 0.29) is 5.78 Å². The second-order valence-electron chi connectivity index (χ2n) is 5.36. The average molecular weight is 372 g/mol. The number of carbonyl (C=O) groups is 2. The van der Waals surface area contributed by atoms with Gasteiger partial charge in [0.2, 0.25) is 0 Å². The third-order valence-electron chi connectivity index (χ3n) is 3.61. The van der Waals surface area contributed by atoms with Crippen molar-refractivity contribution in [2.75, 3.05) is 27.9 Å². The minimum Gasteiger partial charge on any atom is -0.497 e. The SMILES string of the molecule is COc1cc(C=CC(=O)c2cccc(OCC(=O)O)c2)c(OC)c(OC)c1. The summed E-state index contributed by atoms with van der Waals surface area (Å²) in [7, 11) is 4.55. The van der Waals surface area contributed by atoms with Gasteiger partial charge in [-0.3, -0.25) is 4.79 Å². The van der Waals surface area contributed by atoms with Crippen LogP contribution in [0.1, 0.15) is 15.9 Å². The second-order valence-corrected chi connectivity index (χ2v) is 5.36. The molecule has 2 aromatic rings. The largest absolute Gasteiger partial charge is 0.497 e. The van der Waals surface area contributed by atoms with Gasteiger partial charge in [-0.2, -0.15) is 0 Å². The number of benzene rings is 2. The average Bonchev–Trinajstić information content (AvgIpc) is 2.69. The van der Waals surface area contributed by atoms with Crippen LogP contribution in [-0.2, 0) is 4.79 Å². The summed E-state index contributed by atoms with van der Waals surface area (Å²) in [5.74, 6) is 0.445. The molecule has 2 rings (SSSR count). The third-order valence-corrected chi connectivity index (χ3v) is 3.61. The molecule has 0 unspecified atom stereocenters. The van der Waals surface area contributed by atoms with Crippen molar-refractivity contribution in [2.24, 2.45) is 0 Å². The first-order valence-electron chi connectivity index (χ1n) is 7.95. The maximum atomic E-state index is 12.5.